The molecule has 1 unspecified atom stereocenters. The average Bonchev–Trinajstić information content (AvgIpc) is 2.08. The quantitative estimate of drug-likeness (QED) is 0.772. The normalized spacial score (nSPS) is 13.2. The molecule has 0 aliphatic rings. The molecule has 0 bridgehead atoms. The van der Waals surface area contributed by atoms with E-state index in [9.17, 15) is 0 Å². The van der Waals surface area contributed by atoms with Crippen molar-refractivity contribution in [1.29, 1.82) is 0 Å². The molecule has 1 heterocycles. The lowest BCUT2D eigenvalue weighted by atomic mass is 9.91. The molecule has 13 heavy (non-hydrogen) atoms. The minimum atomic E-state index is 0.659. The standard InChI is InChI=1S/C11H18N2/c1-8(2)9(3)6-10-7-13-5-4-11(10)12/h4-5,7-9H,6H2,1-3H3,(H2,12,13). The van der Waals surface area contributed by atoms with Crippen molar-refractivity contribution < 1.29 is 0 Å². The summed E-state index contributed by atoms with van der Waals surface area (Å²) in [5.41, 5.74) is 7.86. The van der Waals surface area contributed by atoms with Crippen LogP contribution in [0.3, 0.4) is 0 Å². The SMILES string of the molecule is CC(C)C(C)Cc1cnccc1N. The molecule has 2 heteroatoms. The maximum atomic E-state index is 5.83. The van der Waals surface area contributed by atoms with Gasteiger partial charge in [0.15, 0.2) is 0 Å². The summed E-state index contributed by atoms with van der Waals surface area (Å²) in [5, 5.41) is 0. The maximum absolute atomic E-state index is 5.83. The molecule has 0 spiro atoms. The highest BCUT2D eigenvalue weighted by Gasteiger charge is 2.09. The van der Waals surface area contributed by atoms with E-state index in [0.29, 0.717) is 11.8 Å². The zero-order valence-corrected chi connectivity index (χ0v) is 8.62. The van der Waals surface area contributed by atoms with Crippen LogP contribution in [0.25, 0.3) is 0 Å². The minimum absolute atomic E-state index is 0.659. The smallest absolute Gasteiger partial charge is 0.0377 e. The topological polar surface area (TPSA) is 38.9 Å². The van der Waals surface area contributed by atoms with Gasteiger partial charge >= 0.3 is 0 Å². The third-order valence-electron chi connectivity index (χ3n) is 2.62. The lowest BCUT2D eigenvalue weighted by Crippen LogP contribution is -2.09. The largest absolute Gasteiger partial charge is 0.398 e. The number of nitrogens with two attached hydrogens (primary N) is 1. The zero-order chi connectivity index (χ0) is 9.84. The Kier molecular flexibility index (Phi) is 3.29. The van der Waals surface area contributed by atoms with Crippen LogP contribution >= 0.6 is 0 Å². The molecule has 1 atom stereocenters. The lowest BCUT2D eigenvalue weighted by molar-refractivity contribution is 0.417. The molecule has 0 aliphatic heterocycles. The molecular weight excluding hydrogens is 160 g/mol. The van der Waals surface area contributed by atoms with Crippen molar-refractivity contribution in [3.05, 3.63) is 24.0 Å². The van der Waals surface area contributed by atoms with Crippen LogP contribution < -0.4 is 5.73 Å². The van der Waals surface area contributed by atoms with Gasteiger partial charge in [0.05, 0.1) is 0 Å². The number of pyridine rings is 1. The molecule has 0 amide bonds. The van der Waals surface area contributed by atoms with E-state index in [1.807, 2.05) is 12.3 Å². The molecular formula is C11H18N2. The third kappa shape index (κ3) is 2.72. The number of hydrogen-bond donors (Lipinski definition) is 1. The summed E-state index contributed by atoms with van der Waals surface area (Å²) in [4.78, 5) is 4.08. The molecule has 1 aromatic heterocycles. The van der Waals surface area contributed by atoms with E-state index in [2.05, 4.69) is 25.8 Å². The Morgan fingerprint density at radius 1 is 1.38 bits per heavy atom. The molecule has 72 valence electrons. The predicted octanol–water partition coefficient (Wildman–Crippen LogP) is 2.50. The fourth-order valence-electron chi connectivity index (χ4n) is 1.19. The number of nitrogens with zero attached hydrogens (tertiary/aromatic N) is 1. The van der Waals surface area contributed by atoms with Gasteiger partial charge in [0.1, 0.15) is 0 Å². The van der Waals surface area contributed by atoms with Crippen molar-refractivity contribution in [3.63, 3.8) is 0 Å². The second-order valence-electron chi connectivity index (χ2n) is 4.00. The summed E-state index contributed by atoms with van der Waals surface area (Å²) < 4.78 is 0. The van der Waals surface area contributed by atoms with Crippen LogP contribution in [0, 0.1) is 11.8 Å². The van der Waals surface area contributed by atoms with Crippen LogP contribution in [0.2, 0.25) is 0 Å². The van der Waals surface area contributed by atoms with Gasteiger partial charge in [-0.25, -0.2) is 0 Å². The molecule has 1 rings (SSSR count). The number of anilines is 1. The van der Waals surface area contributed by atoms with Crippen LogP contribution in [0.1, 0.15) is 26.3 Å². The first-order chi connectivity index (χ1) is 6.11. The lowest BCUT2D eigenvalue weighted by Gasteiger charge is -2.15. The first kappa shape index (κ1) is 10.0. The van der Waals surface area contributed by atoms with Gasteiger partial charge in [0.2, 0.25) is 0 Å². The highest BCUT2D eigenvalue weighted by molar-refractivity contribution is 5.44. The van der Waals surface area contributed by atoms with Crippen LogP contribution in [-0.2, 0) is 6.42 Å². The van der Waals surface area contributed by atoms with E-state index in [4.69, 9.17) is 5.73 Å². The Hall–Kier alpha value is -1.05. The second kappa shape index (κ2) is 4.26. The van der Waals surface area contributed by atoms with Gasteiger partial charge in [-0.05, 0) is 29.9 Å². The molecule has 0 fully saturated rings. The number of nitrogen functional groups attached to an aromatic ring is 1. The van der Waals surface area contributed by atoms with Gasteiger partial charge in [-0.15, -0.1) is 0 Å². The molecule has 0 radical (unpaired) electrons. The zero-order valence-electron chi connectivity index (χ0n) is 8.62. The Bertz CT molecular complexity index is 269. The van der Waals surface area contributed by atoms with Crippen molar-refractivity contribution in [2.75, 3.05) is 5.73 Å². The van der Waals surface area contributed by atoms with Crippen LogP contribution in [0.15, 0.2) is 18.5 Å². The van der Waals surface area contributed by atoms with E-state index in [1.165, 1.54) is 5.56 Å². The van der Waals surface area contributed by atoms with Gasteiger partial charge in [0, 0.05) is 18.1 Å². The monoisotopic (exact) mass is 178 g/mol. The Labute approximate surface area is 80.2 Å². The fraction of sp³-hybridized carbons (Fsp3) is 0.545. The molecule has 1 aromatic rings. The second-order valence-corrected chi connectivity index (χ2v) is 4.00. The number of rotatable bonds is 3. The Morgan fingerprint density at radius 3 is 2.62 bits per heavy atom. The van der Waals surface area contributed by atoms with E-state index in [1.54, 1.807) is 6.20 Å². The van der Waals surface area contributed by atoms with E-state index in [-0.39, 0.29) is 0 Å². The predicted molar refractivity (Wildman–Crippen MR) is 56.4 cm³/mol. The minimum Gasteiger partial charge on any atom is -0.398 e. The van der Waals surface area contributed by atoms with E-state index < -0.39 is 0 Å². The van der Waals surface area contributed by atoms with Gasteiger partial charge in [0.25, 0.3) is 0 Å². The fourth-order valence-corrected chi connectivity index (χ4v) is 1.19. The van der Waals surface area contributed by atoms with Crippen LogP contribution in [-0.4, -0.2) is 4.98 Å². The summed E-state index contributed by atoms with van der Waals surface area (Å²) in [6.07, 6.45) is 4.63. The van der Waals surface area contributed by atoms with Crippen molar-refractivity contribution in [3.8, 4) is 0 Å². The average molecular weight is 178 g/mol. The molecule has 2 N–H and O–H groups in total. The highest BCUT2D eigenvalue weighted by Crippen LogP contribution is 2.19. The van der Waals surface area contributed by atoms with Crippen LogP contribution in [0.5, 0.6) is 0 Å². The van der Waals surface area contributed by atoms with Gasteiger partial charge in [-0.2, -0.15) is 0 Å². The summed E-state index contributed by atoms with van der Waals surface area (Å²) >= 11 is 0. The molecule has 2 nitrogen and oxygen atoms in total. The highest BCUT2D eigenvalue weighted by atomic mass is 14.7. The van der Waals surface area contributed by atoms with Crippen molar-refractivity contribution in [1.82, 2.24) is 4.98 Å². The summed E-state index contributed by atoms with van der Waals surface area (Å²) in [6, 6.07) is 1.86. The van der Waals surface area contributed by atoms with Gasteiger partial charge < -0.3 is 5.73 Å². The molecule has 0 aromatic carbocycles. The van der Waals surface area contributed by atoms with Crippen LogP contribution in [0.4, 0.5) is 5.69 Å². The molecule has 0 saturated carbocycles. The van der Waals surface area contributed by atoms with Crippen molar-refractivity contribution >= 4 is 5.69 Å². The summed E-state index contributed by atoms with van der Waals surface area (Å²) in [7, 11) is 0. The molecule has 0 saturated heterocycles. The maximum Gasteiger partial charge on any atom is 0.0377 e. The molecule has 0 aliphatic carbocycles. The Morgan fingerprint density at radius 2 is 2.08 bits per heavy atom. The summed E-state index contributed by atoms with van der Waals surface area (Å²) in [6.45, 7) is 6.71. The Balaban J connectivity index is 2.69. The van der Waals surface area contributed by atoms with Crippen molar-refractivity contribution in [2.24, 2.45) is 11.8 Å². The van der Waals surface area contributed by atoms with Gasteiger partial charge in [-0.1, -0.05) is 20.8 Å². The van der Waals surface area contributed by atoms with E-state index in [0.717, 1.165) is 12.1 Å². The van der Waals surface area contributed by atoms with Crippen molar-refractivity contribution in [2.45, 2.75) is 27.2 Å². The first-order valence-corrected chi connectivity index (χ1v) is 4.79. The summed E-state index contributed by atoms with van der Waals surface area (Å²) in [5.74, 6) is 1.35. The van der Waals surface area contributed by atoms with Gasteiger partial charge in [-0.3, -0.25) is 4.98 Å². The third-order valence-corrected chi connectivity index (χ3v) is 2.62. The van der Waals surface area contributed by atoms with E-state index >= 15 is 0 Å². The first-order valence-electron chi connectivity index (χ1n) is 4.79. The number of aromatic nitrogens is 1. The number of hydrogen-bond acceptors (Lipinski definition) is 2.